The fourth-order valence-electron chi connectivity index (χ4n) is 3.61. The highest BCUT2D eigenvalue weighted by Gasteiger charge is 2.31. The molecule has 0 radical (unpaired) electrons. The second kappa shape index (κ2) is 11.5. The number of rotatable bonds is 3. The van der Waals surface area contributed by atoms with E-state index in [2.05, 4.69) is 36.2 Å². The fraction of sp³-hybridized carbons (Fsp3) is 0.522. The van der Waals surface area contributed by atoms with Crippen LogP contribution in [0.5, 0.6) is 0 Å². The third-order valence-corrected chi connectivity index (χ3v) is 5.64. The molecule has 1 aliphatic heterocycles. The van der Waals surface area contributed by atoms with Crippen LogP contribution in [0.1, 0.15) is 78.7 Å². The van der Waals surface area contributed by atoms with E-state index < -0.39 is 35.8 Å². The van der Waals surface area contributed by atoms with E-state index >= 15 is 0 Å². The highest BCUT2D eigenvalue weighted by Crippen LogP contribution is 2.24. The molecule has 4 N–H and O–H groups in total. The van der Waals surface area contributed by atoms with Gasteiger partial charge in [-0.05, 0) is 39.0 Å². The summed E-state index contributed by atoms with van der Waals surface area (Å²) >= 11 is 0. The molecule has 0 unspecified atom stereocenters. The van der Waals surface area contributed by atoms with Crippen LogP contribution >= 0.6 is 0 Å². The second-order valence-corrected chi connectivity index (χ2v) is 8.79. The molecule has 2 aromatic rings. The van der Waals surface area contributed by atoms with E-state index in [0.717, 1.165) is 0 Å². The molecule has 0 spiro atoms. The Morgan fingerprint density at radius 2 is 1.91 bits per heavy atom. The number of hydrogen-bond donors (Lipinski definition) is 4. The van der Waals surface area contributed by atoms with Crippen molar-refractivity contribution >= 4 is 23.6 Å². The van der Waals surface area contributed by atoms with Gasteiger partial charge in [0, 0.05) is 18.9 Å². The summed E-state index contributed by atoms with van der Waals surface area (Å²) in [6.07, 6.45) is 5.62. The van der Waals surface area contributed by atoms with Gasteiger partial charge in [-0.2, -0.15) is 0 Å². The number of nitrogens with zero attached hydrogens (tertiary/aromatic N) is 3. The summed E-state index contributed by atoms with van der Waals surface area (Å²) in [4.78, 5) is 63.2. The van der Waals surface area contributed by atoms with Crippen molar-refractivity contribution in [2.24, 2.45) is 5.92 Å². The lowest BCUT2D eigenvalue weighted by molar-refractivity contribution is -0.124. The molecule has 0 fully saturated rings. The molecule has 4 amide bonds. The topological polar surface area (TPSA) is 168 Å². The summed E-state index contributed by atoms with van der Waals surface area (Å²) in [6, 6.07) is -2.28. The van der Waals surface area contributed by atoms with E-state index in [0.29, 0.717) is 25.8 Å². The number of carbonyl (C=O) groups is 4. The summed E-state index contributed by atoms with van der Waals surface area (Å²) in [5.41, 5.74) is 0.132. The van der Waals surface area contributed by atoms with Crippen LogP contribution in [0.25, 0.3) is 0 Å². The normalized spacial score (nSPS) is 22.2. The van der Waals surface area contributed by atoms with Gasteiger partial charge in [-0.3, -0.25) is 24.2 Å². The third kappa shape index (κ3) is 6.61. The van der Waals surface area contributed by atoms with E-state index in [4.69, 9.17) is 4.42 Å². The Kier molecular flexibility index (Phi) is 8.50. The number of oxazole rings is 1. The van der Waals surface area contributed by atoms with Crippen LogP contribution in [-0.4, -0.2) is 57.2 Å². The summed E-state index contributed by atoms with van der Waals surface area (Å²) in [7, 11) is 0. The lowest BCUT2D eigenvalue weighted by Gasteiger charge is -2.24. The minimum absolute atomic E-state index is 0.0409. The van der Waals surface area contributed by atoms with Crippen LogP contribution in [0.15, 0.2) is 23.0 Å². The third-order valence-electron chi connectivity index (χ3n) is 5.64. The monoisotopic (exact) mass is 485 g/mol. The van der Waals surface area contributed by atoms with Gasteiger partial charge in [0.2, 0.25) is 17.7 Å². The van der Waals surface area contributed by atoms with Gasteiger partial charge < -0.3 is 25.7 Å². The zero-order valence-corrected chi connectivity index (χ0v) is 20.3. The van der Waals surface area contributed by atoms with Gasteiger partial charge in [-0.1, -0.05) is 13.8 Å². The number of fused-ring (bicyclic) bond motifs is 2. The molecule has 188 valence electrons. The van der Waals surface area contributed by atoms with Crippen molar-refractivity contribution in [1.82, 2.24) is 36.2 Å². The van der Waals surface area contributed by atoms with Crippen LogP contribution in [-0.2, 0) is 9.59 Å². The molecule has 0 aliphatic carbocycles. The number of hydrogen-bond acceptors (Lipinski definition) is 8. The maximum Gasteiger partial charge on any atom is 0.274 e. The fourth-order valence-corrected chi connectivity index (χ4v) is 3.61. The molecule has 3 rings (SSSR count). The summed E-state index contributed by atoms with van der Waals surface area (Å²) in [5, 5.41) is 11.0. The first-order chi connectivity index (χ1) is 16.7. The average molecular weight is 486 g/mol. The summed E-state index contributed by atoms with van der Waals surface area (Å²) < 4.78 is 5.74. The number of aromatic nitrogens is 3. The Morgan fingerprint density at radius 1 is 1.14 bits per heavy atom. The van der Waals surface area contributed by atoms with E-state index in [9.17, 15) is 19.2 Å². The van der Waals surface area contributed by atoms with Crippen LogP contribution < -0.4 is 21.3 Å². The Hall–Kier alpha value is -3.83. The Morgan fingerprint density at radius 3 is 2.60 bits per heavy atom. The Labute approximate surface area is 203 Å². The first kappa shape index (κ1) is 25.8. The molecular weight excluding hydrogens is 454 g/mol. The van der Waals surface area contributed by atoms with Crippen molar-refractivity contribution in [2.75, 3.05) is 6.54 Å². The van der Waals surface area contributed by atoms with Crippen LogP contribution in [0, 0.1) is 12.8 Å². The number of nitrogens with one attached hydrogen (secondary N) is 4. The number of aryl methyl sites for hydroxylation is 1. The van der Waals surface area contributed by atoms with Crippen LogP contribution in [0.4, 0.5) is 0 Å². The zero-order chi connectivity index (χ0) is 25.5. The average Bonchev–Trinajstić information content (AvgIpc) is 3.22. The van der Waals surface area contributed by atoms with Gasteiger partial charge >= 0.3 is 0 Å². The molecule has 0 aromatic carbocycles. The predicted octanol–water partition coefficient (Wildman–Crippen LogP) is 0.803. The highest BCUT2D eigenvalue weighted by molar-refractivity contribution is 5.97. The molecule has 2 bridgehead atoms. The van der Waals surface area contributed by atoms with Crippen LogP contribution in [0.3, 0.4) is 0 Å². The van der Waals surface area contributed by atoms with E-state index in [1.165, 1.54) is 18.6 Å². The zero-order valence-electron chi connectivity index (χ0n) is 20.3. The molecule has 35 heavy (non-hydrogen) atoms. The van der Waals surface area contributed by atoms with Gasteiger partial charge in [-0.25, -0.2) is 9.97 Å². The van der Waals surface area contributed by atoms with Crippen molar-refractivity contribution in [3.05, 3.63) is 41.6 Å². The molecule has 12 nitrogen and oxygen atoms in total. The minimum Gasteiger partial charge on any atom is -0.443 e. The molecule has 0 saturated heterocycles. The van der Waals surface area contributed by atoms with Gasteiger partial charge in [0.15, 0.2) is 5.69 Å². The van der Waals surface area contributed by atoms with Crippen molar-refractivity contribution in [2.45, 2.75) is 65.1 Å². The van der Waals surface area contributed by atoms with Crippen molar-refractivity contribution in [1.29, 1.82) is 0 Å². The smallest absolute Gasteiger partial charge is 0.274 e. The standard InChI is InChI=1S/C23H31N7O5/c1-12(2)17-23-30-18(14(4)35-23)22(34)27-13(3)19(31)26-8-6-5-7-15(20(32)29-17)28-21(33)16-11-24-9-10-25-16/h9-13,15,17H,5-8H2,1-4H3,(H,26,31)(H,27,34)(H,28,33)(H,29,32)/t13-,15+,17+/m1/s1. The molecule has 3 heterocycles. The minimum atomic E-state index is -0.868. The van der Waals surface area contributed by atoms with Crippen molar-refractivity contribution in [3.63, 3.8) is 0 Å². The van der Waals surface area contributed by atoms with E-state index in [-0.39, 0.29) is 34.9 Å². The SMILES string of the molecule is Cc1oc2nc1C(=O)N[C@H](C)C(=O)NCCCC[C@H](NC(=O)c1cnccn1)C(=O)N[C@H]2C(C)C. The first-order valence-corrected chi connectivity index (χ1v) is 11.6. The number of carbonyl (C=O) groups excluding carboxylic acids is 4. The first-order valence-electron chi connectivity index (χ1n) is 11.6. The molecule has 2 aromatic heterocycles. The molecule has 0 saturated carbocycles. The molecule has 1 aliphatic rings. The van der Waals surface area contributed by atoms with Crippen molar-refractivity contribution in [3.8, 4) is 0 Å². The second-order valence-electron chi connectivity index (χ2n) is 8.79. The van der Waals surface area contributed by atoms with Gasteiger partial charge in [0.25, 0.3) is 11.8 Å². The summed E-state index contributed by atoms with van der Waals surface area (Å²) in [5.74, 6) is -1.53. The maximum atomic E-state index is 13.3. The Bertz CT molecular complexity index is 1070. The lowest BCUT2D eigenvalue weighted by Crippen LogP contribution is -2.49. The highest BCUT2D eigenvalue weighted by atomic mass is 16.4. The summed E-state index contributed by atoms with van der Waals surface area (Å²) in [6.45, 7) is 7.28. The molecule has 3 atom stereocenters. The largest absolute Gasteiger partial charge is 0.443 e. The van der Waals surface area contributed by atoms with E-state index in [1.807, 2.05) is 13.8 Å². The van der Waals surface area contributed by atoms with Gasteiger partial charge in [0.1, 0.15) is 29.6 Å². The number of amides is 4. The van der Waals surface area contributed by atoms with E-state index in [1.54, 1.807) is 13.8 Å². The van der Waals surface area contributed by atoms with Gasteiger partial charge in [0.05, 0.1) is 6.20 Å². The maximum absolute atomic E-state index is 13.3. The predicted molar refractivity (Wildman–Crippen MR) is 124 cm³/mol. The van der Waals surface area contributed by atoms with Gasteiger partial charge in [-0.15, -0.1) is 0 Å². The lowest BCUT2D eigenvalue weighted by atomic mass is 10.0. The van der Waals surface area contributed by atoms with Crippen molar-refractivity contribution < 1.29 is 23.6 Å². The van der Waals surface area contributed by atoms with Crippen LogP contribution in [0.2, 0.25) is 0 Å². The molecule has 12 heteroatoms. The Balaban J connectivity index is 1.89. The quantitative estimate of drug-likeness (QED) is 0.495. The molecular formula is C23H31N7O5.